The van der Waals surface area contributed by atoms with Crippen molar-refractivity contribution in [2.45, 2.75) is 11.1 Å². The lowest BCUT2D eigenvalue weighted by atomic mass is 10.2. The van der Waals surface area contributed by atoms with Gasteiger partial charge < -0.3 is 5.32 Å². The fourth-order valence-corrected chi connectivity index (χ4v) is 2.15. The van der Waals surface area contributed by atoms with Crippen molar-refractivity contribution in [1.82, 2.24) is 5.32 Å². The number of rotatable bonds is 3. The highest BCUT2D eigenvalue weighted by Gasteiger charge is 2.29. The summed E-state index contributed by atoms with van der Waals surface area (Å²) >= 11 is 5.47. The molecule has 0 heterocycles. The molecule has 1 aromatic carbocycles. The monoisotopic (exact) mass is 334 g/mol. The van der Waals surface area contributed by atoms with Gasteiger partial charge in [-0.05, 0) is 12.1 Å². The summed E-state index contributed by atoms with van der Waals surface area (Å²) in [6.45, 7) is -1.71. The van der Waals surface area contributed by atoms with Crippen molar-refractivity contribution in [2.24, 2.45) is 5.14 Å². The highest BCUT2D eigenvalue weighted by atomic mass is 35.5. The molecule has 0 unspecified atom stereocenters. The SMILES string of the molecule is NS(=O)(=O)c1cc(Cl)cc(C(=O)NCC(F)(F)F)c1F. The van der Waals surface area contributed by atoms with E-state index in [1.807, 2.05) is 0 Å². The molecule has 1 amide bonds. The summed E-state index contributed by atoms with van der Waals surface area (Å²) in [5.41, 5.74) is -0.953. The number of nitrogens with two attached hydrogens (primary N) is 1. The van der Waals surface area contributed by atoms with Gasteiger partial charge in [-0.1, -0.05) is 11.6 Å². The summed E-state index contributed by atoms with van der Waals surface area (Å²) < 4.78 is 71.7. The van der Waals surface area contributed by atoms with Crippen LogP contribution in [-0.4, -0.2) is 27.0 Å². The molecule has 3 N–H and O–H groups in total. The first-order valence-electron chi connectivity index (χ1n) is 4.78. The van der Waals surface area contributed by atoms with Crippen LogP contribution in [0.4, 0.5) is 17.6 Å². The average molecular weight is 335 g/mol. The molecule has 0 atom stereocenters. The molecule has 112 valence electrons. The van der Waals surface area contributed by atoms with Crippen molar-refractivity contribution < 1.29 is 30.8 Å². The number of nitrogens with one attached hydrogen (secondary N) is 1. The van der Waals surface area contributed by atoms with Gasteiger partial charge in [0.1, 0.15) is 11.4 Å². The van der Waals surface area contributed by atoms with E-state index in [1.54, 1.807) is 0 Å². The second kappa shape index (κ2) is 5.54. The van der Waals surface area contributed by atoms with Crippen LogP contribution < -0.4 is 10.5 Å². The summed E-state index contributed by atoms with van der Waals surface area (Å²) in [5, 5.41) is 5.72. The fourth-order valence-electron chi connectivity index (χ4n) is 1.21. The minimum Gasteiger partial charge on any atom is -0.343 e. The van der Waals surface area contributed by atoms with E-state index < -0.39 is 44.9 Å². The van der Waals surface area contributed by atoms with Crippen LogP contribution in [0.2, 0.25) is 5.02 Å². The maximum atomic E-state index is 13.8. The highest BCUT2D eigenvalue weighted by Crippen LogP contribution is 2.23. The number of halogens is 5. The molecule has 20 heavy (non-hydrogen) atoms. The van der Waals surface area contributed by atoms with Gasteiger partial charge in [0.15, 0.2) is 5.82 Å². The van der Waals surface area contributed by atoms with Gasteiger partial charge in [0.2, 0.25) is 10.0 Å². The van der Waals surface area contributed by atoms with Gasteiger partial charge >= 0.3 is 6.18 Å². The fraction of sp³-hybridized carbons (Fsp3) is 0.222. The van der Waals surface area contributed by atoms with Crippen molar-refractivity contribution in [2.75, 3.05) is 6.54 Å². The number of alkyl halides is 3. The highest BCUT2D eigenvalue weighted by molar-refractivity contribution is 7.89. The summed E-state index contributed by atoms with van der Waals surface area (Å²) in [4.78, 5) is 10.3. The topological polar surface area (TPSA) is 89.3 Å². The third kappa shape index (κ3) is 4.32. The Morgan fingerprint density at radius 1 is 1.35 bits per heavy atom. The van der Waals surface area contributed by atoms with Gasteiger partial charge in [-0.25, -0.2) is 17.9 Å². The first-order chi connectivity index (χ1) is 8.92. The average Bonchev–Trinajstić information content (AvgIpc) is 2.26. The third-order valence-corrected chi connectivity index (χ3v) is 3.13. The first kappa shape index (κ1) is 16.7. The number of hydrogen-bond donors (Lipinski definition) is 2. The number of carbonyl (C=O) groups excluding carboxylic acids is 1. The Hall–Kier alpha value is -1.39. The molecule has 0 aliphatic rings. The molecule has 11 heteroatoms. The molecule has 0 aliphatic carbocycles. The molecule has 1 rings (SSSR count). The Bertz CT molecular complexity index is 645. The Morgan fingerprint density at radius 3 is 2.35 bits per heavy atom. The zero-order chi connectivity index (χ0) is 15.7. The predicted octanol–water partition coefficient (Wildman–Crippen LogP) is 1.42. The molecule has 1 aromatic rings. The van der Waals surface area contributed by atoms with Crippen LogP contribution in [0.15, 0.2) is 17.0 Å². The number of carbonyl (C=O) groups is 1. The van der Waals surface area contributed by atoms with Crippen molar-refractivity contribution in [1.29, 1.82) is 0 Å². The van der Waals surface area contributed by atoms with Crippen LogP contribution >= 0.6 is 11.6 Å². The quantitative estimate of drug-likeness (QED) is 0.819. The largest absolute Gasteiger partial charge is 0.405 e. The van der Waals surface area contributed by atoms with E-state index in [4.69, 9.17) is 16.7 Å². The Balaban J connectivity index is 3.20. The lowest BCUT2D eigenvalue weighted by Gasteiger charge is -2.10. The summed E-state index contributed by atoms with van der Waals surface area (Å²) in [5.74, 6) is -3.04. The van der Waals surface area contributed by atoms with Crippen molar-refractivity contribution >= 4 is 27.5 Å². The molecule has 0 aromatic heterocycles. The van der Waals surface area contributed by atoms with E-state index in [9.17, 15) is 30.8 Å². The lowest BCUT2D eigenvalue weighted by molar-refractivity contribution is -0.123. The number of hydrogen-bond acceptors (Lipinski definition) is 3. The summed E-state index contributed by atoms with van der Waals surface area (Å²) in [6.07, 6.45) is -4.70. The van der Waals surface area contributed by atoms with Crippen LogP contribution in [0.3, 0.4) is 0 Å². The molecule has 0 fully saturated rings. The van der Waals surface area contributed by atoms with Gasteiger partial charge in [-0.3, -0.25) is 4.79 Å². The van der Waals surface area contributed by atoms with E-state index in [0.29, 0.717) is 12.1 Å². The second-order valence-electron chi connectivity index (χ2n) is 3.61. The van der Waals surface area contributed by atoms with Crippen LogP contribution in [0.25, 0.3) is 0 Å². The Labute approximate surface area is 115 Å². The molecular weight excluding hydrogens is 328 g/mol. The van der Waals surface area contributed by atoms with E-state index in [2.05, 4.69) is 0 Å². The molecule has 0 bridgehead atoms. The molecule has 0 spiro atoms. The maximum Gasteiger partial charge on any atom is 0.405 e. The molecular formula is C9H7ClF4N2O3S. The van der Waals surface area contributed by atoms with Gasteiger partial charge in [0.25, 0.3) is 5.91 Å². The van der Waals surface area contributed by atoms with Gasteiger partial charge in [-0.2, -0.15) is 13.2 Å². The maximum absolute atomic E-state index is 13.8. The normalized spacial score (nSPS) is 12.3. The number of benzene rings is 1. The summed E-state index contributed by atoms with van der Waals surface area (Å²) in [6, 6.07) is 1.34. The zero-order valence-corrected chi connectivity index (χ0v) is 11.0. The van der Waals surface area contributed by atoms with Crippen LogP contribution in [0, 0.1) is 5.82 Å². The van der Waals surface area contributed by atoms with E-state index in [0.717, 1.165) is 0 Å². The predicted molar refractivity (Wildman–Crippen MR) is 61.2 cm³/mol. The standard InChI is InChI=1S/C9H7ClF4N2O3S/c10-4-1-5(8(17)16-3-9(12,13)14)7(11)6(2-4)20(15,18)19/h1-2H,3H2,(H,16,17)(H2,15,18,19). The summed E-state index contributed by atoms with van der Waals surface area (Å²) in [7, 11) is -4.52. The van der Waals surface area contributed by atoms with E-state index in [-0.39, 0.29) is 5.02 Å². The van der Waals surface area contributed by atoms with Crippen molar-refractivity contribution in [3.8, 4) is 0 Å². The first-order valence-corrected chi connectivity index (χ1v) is 6.71. The van der Waals surface area contributed by atoms with Crippen LogP contribution in [0.1, 0.15) is 10.4 Å². The number of sulfonamides is 1. The number of amides is 1. The Morgan fingerprint density at radius 2 is 1.90 bits per heavy atom. The van der Waals surface area contributed by atoms with E-state index >= 15 is 0 Å². The zero-order valence-electron chi connectivity index (χ0n) is 9.46. The minimum absolute atomic E-state index is 0.368. The second-order valence-corrected chi connectivity index (χ2v) is 5.57. The van der Waals surface area contributed by atoms with Crippen LogP contribution in [0.5, 0.6) is 0 Å². The molecule has 0 aliphatic heterocycles. The van der Waals surface area contributed by atoms with Gasteiger partial charge in [-0.15, -0.1) is 0 Å². The van der Waals surface area contributed by atoms with Gasteiger partial charge in [0.05, 0.1) is 5.56 Å². The molecule has 5 nitrogen and oxygen atoms in total. The number of primary sulfonamides is 1. The van der Waals surface area contributed by atoms with Gasteiger partial charge in [0, 0.05) is 5.02 Å². The van der Waals surface area contributed by atoms with Crippen LogP contribution in [-0.2, 0) is 10.0 Å². The third-order valence-electron chi connectivity index (χ3n) is 2.00. The van der Waals surface area contributed by atoms with Crippen molar-refractivity contribution in [3.05, 3.63) is 28.5 Å². The molecule has 0 saturated carbocycles. The molecule has 0 saturated heterocycles. The Kier molecular flexibility index (Phi) is 4.62. The minimum atomic E-state index is -4.70. The lowest BCUT2D eigenvalue weighted by Crippen LogP contribution is -2.34. The van der Waals surface area contributed by atoms with Crippen molar-refractivity contribution in [3.63, 3.8) is 0 Å². The van der Waals surface area contributed by atoms with E-state index in [1.165, 1.54) is 5.32 Å². The smallest absolute Gasteiger partial charge is 0.343 e. The molecule has 0 radical (unpaired) electrons.